The Hall–Kier alpha value is -1.68. The lowest BCUT2D eigenvalue weighted by Crippen LogP contribution is -2.04. The molecule has 0 radical (unpaired) electrons. The highest BCUT2D eigenvalue weighted by Gasteiger charge is 2.12. The number of ketones is 1. The normalized spacial score (nSPS) is 10.6. The van der Waals surface area contributed by atoms with Crippen molar-refractivity contribution in [1.29, 1.82) is 0 Å². The van der Waals surface area contributed by atoms with E-state index in [1.165, 1.54) is 4.88 Å². The van der Waals surface area contributed by atoms with E-state index in [0.717, 1.165) is 16.3 Å². The van der Waals surface area contributed by atoms with E-state index in [-0.39, 0.29) is 5.78 Å². The van der Waals surface area contributed by atoms with Gasteiger partial charge in [0.2, 0.25) is 0 Å². The van der Waals surface area contributed by atoms with E-state index < -0.39 is 0 Å². The van der Waals surface area contributed by atoms with Gasteiger partial charge in [0.1, 0.15) is 5.01 Å². The van der Waals surface area contributed by atoms with Crippen LogP contribution in [0.4, 0.5) is 5.69 Å². The standard InChI is InChI=1S/C14H16N2OS/c1-8-4-5-11(6-12(8)15)13(17)7-14-16-9(2)10(3)18-14/h4-6H,7,15H2,1-3H3. The Balaban J connectivity index is 2.19. The Morgan fingerprint density at radius 3 is 2.61 bits per heavy atom. The van der Waals surface area contributed by atoms with Gasteiger partial charge in [-0.15, -0.1) is 11.3 Å². The number of nitrogens with two attached hydrogens (primary N) is 1. The molecule has 0 saturated carbocycles. The SMILES string of the molecule is Cc1ccc(C(=O)Cc2nc(C)c(C)s2)cc1N. The maximum Gasteiger partial charge on any atom is 0.169 e. The molecule has 0 bridgehead atoms. The second-order valence-electron chi connectivity index (χ2n) is 4.42. The predicted molar refractivity (Wildman–Crippen MR) is 75.2 cm³/mol. The van der Waals surface area contributed by atoms with Gasteiger partial charge in [0.05, 0.1) is 12.1 Å². The van der Waals surface area contributed by atoms with Crippen LogP contribution in [0.2, 0.25) is 0 Å². The van der Waals surface area contributed by atoms with E-state index in [2.05, 4.69) is 4.98 Å². The van der Waals surface area contributed by atoms with Gasteiger partial charge in [0.15, 0.2) is 5.78 Å². The Kier molecular flexibility index (Phi) is 3.48. The molecule has 1 aromatic heterocycles. The Labute approximate surface area is 111 Å². The summed E-state index contributed by atoms with van der Waals surface area (Å²) in [5.41, 5.74) is 9.13. The lowest BCUT2D eigenvalue weighted by Gasteiger charge is -2.03. The molecule has 0 amide bonds. The van der Waals surface area contributed by atoms with Crippen molar-refractivity contribution in [2.24, 2.45) is 0 Å². The fraction of sp³-hybridized carbons (Fsp3) is 0.286. The van der Waals surface area contributed by atoms with Crippen LogP contribution in [0.5, 0.6) is 0 Å². The third-order valence-corrected chi connectivity index (χ3v) is 4.06. The highest BCUT2D eigenvalue weighted by atomic mass is 32.1. The molecule has 0 saturated heterocycles. The number of anilines is 1. The van der Waals surface area contributed by atoms with Crippen LogP contribution in [-0.4, -0.2) is 10.8 Å². The topological polar surface area (TPSA) is 56.0 Å². The number of nitrogen functional groups attached to an aromatic ring is 1. The van der Waals surface area contributed by atoms with Gasteiger partial charge in [-0.3, -0.25) is 4.79 Å². The van der Waals surface area contributed by atoms with Crippen LogP contribution in [0.3, 0.4) is 0 Å². The van der Waals surface area contributed by atoms with Crippen LogP contribution < -0.4 is 5.73 Å². The Morgan fingerprint density at radius 2 is 2.06 bits per heavy atom. The zero-order valence-corrected chi connectivity index (χ0v) is 11.6. The van der Waals surface area contributed by atoms with Crippen molar-refractivity contribution in [3.8, 4) is 0 Å². The van der Waals surface area contributed by atoms with Crippen molar-refractivity contribution in [2.45, 2.75) is 27.2 Å². The minimum absolute atomic E-state index is 0.0652. The lowest BCUT2D eigenvalue weighted by molar-refractivity contribution is 0.0993. The highest BCUT2D eigenvalue weighted by Crippen LogP contribution is 2.19. The number of aromatic nitrogens is 1. The zero-order chi connectivity index (χ0) is 13.3. The van der Waals surface area contributed by atoms with Gasteiger partial charge in [-0.25, -0.2) is 4.98 Å². The molecular formula is C14H16N2OS. The number of carbonyl (C=O) groups excluding carboxylic acids is 1. The van der Waals surface area contributed by atoms with Crippen LogP contribution in [0.25, 0.3) is 0 Å². The smallest absolute Gasteiger partial charge is 0.169 e. The second-order valence-corrected chi connectivity index (χ2v) is 5.71. The molecule has 0 fully saturated rings. The van der Waals surface area contributed by atoms with Gasteiger partial charge < -0.3 is 5.73 Å². The van der Waals surface area contributed by atoms with Gasteiger partial charge >= 0.3 is 0 Å². The number of aryl methyl sites for hydroxylation is 3. The first kappa shape index (κ1) is 12.8. The fourth-order valence-corrected chi connectivity index (χ4v) is 2.60. The number of nitrogens with zero attached hydrogens (tertiary/aromatic N) is 1. The summed E-state index contributed by atoms with van der Waals surface area (Å²) >= 11 is 1.58. The van der Waals surface area contributed by atoms with E-state index in [0.29, 0.717) is 17.7 Å². The number of Topliss-reactive ketones (excluding diaryl/α,β-unsaturated/α-hetero) is 1. The summed E-state index contributed by atoms with van der Waals surface area (Å²) in [6.07, 6.45) is 0.349. The molecule has 0 atom stereocenters. The molecule has 2 N–H and O–H groups in total. The number of rotatable bonds is 3. The van der Waals surface area contributed by atoms with Crippen LogP contribution in [-0.2, 0) is 6.42 Å². The molecule has 2 rings (SSSR count). The molecule has 0 aliphatic carbocycles. The van der Waals surface area contributed by atoms with Gasteiger partial charge in [-0.1, -0.05) is 12.1 Å². The number of hydrogen-bond donors (Lipinski definition) is 1. The average molecular weight is 260 g/mol. The molecule has 3 nitrogen and oxygen atoms in total. The van der Waals surface area contributed by atoms with Gasteiger partial charge in [0, 0.05) is 16.1 Å². The Bertz CT molecular complexity index is 582. The first-order valence-corrected chi connectivity index (χ1v) is 6.61. The largest absolute Gasteiger partial charge is 0.398 e. The zero-order valence-electron chi connectivity index (χ0n) is 10.8. The van der Waals surface area contributed by atoms with Crippen molar-refractivity contribution < 1.29 is 4.79 Å². The first-order chi connectivity index (χ1) is 8.47. The number of hydrogen-bond acceptors (Lipinski definition) is 4. The molecule has 0 spiro atoms. The summed E-state index contributed by atoms with van der Waals surface area (Å²) in [5.74, 6) is 0.0652. The van der Waals surface area contributed by atoms with E-state index in [1.54, 1.807) is 17.4 Å². The molecule has 0 aliphatic rings. The van der Waals surface area contributed by atoms with Crippen LogP contribution >= 0.6 is 11.3 Å². The van der Waals surface area contributed by atoms with Gasteiger partial charge in [-0.2, -0.15) is 0 Å². The first-order valence-electron chi connectivity index (χ1n) is 5.79. The van der Waals surface area contributed by atoms with Crippen molar-refractivity contribution in [2.75, 3.05) is 5.73 Å². The number of carbonyl (C=O) groups is 1. The monoisotopic (exact) mass is 260 g/mol. The summed E-state index contributed by atoms with van der Waals surface area (Å²) in [6.45, 7) is 5.91. The van der Waals surface area contributed by atoms with Crippen LogP contribution in [0.1, 0.15) is 31.5 Å². The molecule has 0 unspecified atom stereocenters. The van der Waals surface area contributed by atoms with Gasteiger partial charge in [0.25, 0.3) is 0 Å². The molecular weight excluding hydrogens is 244 g/mol. The predicted octanol–water partition coefficient (Wildman–Crippen LogP) is 3.08. The number of thiazole rings is 1. The third kappa shape index (κ3) is 2.59. The van der Waals surface area contributed by atoms with Crippen LogP contribution in [0.15, 0.2) is 18.2 Å². The molecule has 2 aromatic rings. The van der Waals surface area contributed by atoms with Crippen molar-refractivity contribution in [3.63, 3.8) is 0 Å². The quantitative estimate of drug-likeness (QED) is 0.681. The van der Waals surface area contributed by atoms with Crippen LogP contribution in [0, 0.1) is 20.8 Å². The maximum absolute atomic E-state index is 12.1. The fourth-order valence-electron chi connectivity index (χ4n) is 1.67. The summed E-state index contributed by atoms with van der Waals surface area (Å²) in [7, 11) is 0. The van der Waals surface area contributed by atoms with Crippen molar-refractivity contribution in [1.82, 2.24) is 4.98 Å². The van der Waals surface area contributed by atoms with E-state index in [4.69, 9.17) is 5.73 Å². The molecule has 0 aliphatic heterocycles. The lowest BCUT2D eigenvalue weighted by atomic mass is 10.1. The summed E-state index contributed by atoms with van der Waals surface area (Å²) in [6, 6.07) is 5.44. The molecule has 18 heavy (non-hydrogen) atoms. The minimum Gasteiger partial charge on any atom is -0.398 e. The van der Waals surface area contributed by atoms with E-state index in [1.807, 2.05) is 32.9 Å². The van der Waals surface area contributed by atoms with Gasteiger partial charge in [-0.05, 0) is 32.4 Å². The molecule has 94 valence electrons. The average Bonchev–Trinajstić information content (AvgIpc) is 2.61. The molecule has 4 heteroatoms. The van der Waals surface area contributed by atoms with Crippen molar-refractivity contribution >= 4 is 22.8 Å². The summed E-state index contributed by atoms with van der Waals surface area (Å²) in [5, 5.41) is 0.870. The summed E-state index contributed by atoms with van der Waals surface area (Å²) in [4.78, 5) is 17.7. The highest BCUT2D eigenvalue weighted by molar-refractivity contribution is 7.11. The third-order valence-electron chi connectivity index (χ3n) is 2.99. The van der Waals surface area contributed by atoms with Crippen molar-refractivity contribution in [3.05, 3.63) is 44.9 Å². The molecule has 1 aromatic carbocycles. The maximum atomic E-state index is 12.1. The Morgan fingerprint density at radius 1 is 1.33 bits per heavy atom. The summed E-state index contributed by atoms with van der Waals surface area (Å²) < 4.78 is 0. The van der Waals surface area contributed by atoms with E-state index >= 15 is 0 Å². The second kappa shape index (κ2) is 4.90. The minimum atomic E-state index is 0.0652. The molecule has 1 heterocycles. The number of benzene rings is 1. The van der Waals surface area contributed by atoms with E-state index in [9.17, 15) is 4.79 Å².